The highest BCUT2D eigenvalue weighted by molar-refractivity contribution is 4.68. The first-order chi connectivity index (χ1) is 3.81. The van der Waals surface area contributed by atoms with Gasteiger partial charge in [-0.05, 0) is 0 Å². The van der Waals surface area contributed by atoms with Crippen LogP contribution < -0.4 is 5.73 Å². The van der Waals surface area contributed by atoms with E-state index in [4.69, 9.17) is 10.9 Å². The Morgan fingerprint density at radius 1 is 1.75 bits per heavy atom. The number of hydrogen-bond donors (Lipinski definition) is 2. The average Bonchev–Trinajstić information content (AvgIpc) is 1.68. The molecule has 0 bridgehead atoms. The zero-order valence-electron chi connectivity index (χ0n) is 4.88. The lowest BCUT2D eigenvalue weighted by Crippen LogP contribution is -2.25. The molecule has 0 fully saturated rings. The molecule has 3 N–H and O–H groups in total. The molecule has 0 radical (unpaired) electrons. The van der Waals surface area contributed by atoms with Crippen LogP contribution in [0.2, 0.25) is 0 Å². The zero-order valence-corrected chi connectivity index (χ0v) is 4.88. The van der Waals surface area contributed by atoms with Crippen molar-refractivity contribution in [2.24, 2.45) is 5.73 Å². The van der Waals surface area contributed by atoms with Gasteiger partial charge in [0, 0.05) is 19.6 Å². The van der Waals surface area contributed by atoms with Crippen molar-refractivity contribution < 1.29 is 5.21 Å². The van der Waals surface area contributed by atoms with Gasteiger partial charge in [-0.3, -0.25) is 0 Å². The quantitative estimate of drug-likeness (QED) is 0.396. The number of nitrogens with zero attached hydrogens (tertiary/aromatic N) is 1. The Morgan fingerprint density at radius 3 is 2.75 bits per heavy atom. The van der Waals surface area contributed by atoms with Crippen molar-refractivity contribution in [3.8, 4) is 0 Å². The first kappa shape index (κ1) is 7.62. The van der Waals surface area contributed by atoms with Gasteiger partial charge in [-0.25, -0.2) is 0 Å². The Labute approximate surface area is 49.4 Å². The van der Waals surface area contributed by atoms with E-state index in [1.807, 2.05) is 0 Å². The van der Waals surface area contributed by atoms with Gasteiger partial charge in [-0.15, -0.1) is 6.58 Å². The van der Waals surface area contributed by atoms with Gasteiger partial charge in [0.25, 0.3) is 0 Å². The summed E-state index contributed by atoms with van der Waals surface area (Å²) in [4.78, 5) is 0. The van der Waals surface area contributed by atoms with Crippen molar-refractivity contribution in [1.82, 2.24) is 5.06 Å². The van der Waals surface area contributed by atoms with Gasteiger partial charge < -0.3 is 10.9 Å². The lowest BCUT2D eigenvalue weighted by Gasteiger charge is -2.08. The minimum absolute atomic E-state index is 0.477. The highest BCUT2D eigenvalue weighted by Crippen LogP contribution is 1.76. The van der Waals surface area contributed by atoms with E-state index in [9.17, 15) is 0 Å². The molecule has 0 aromatic rings. The molecule has 3 heteroatoms. The Bertz CT molecular complexity index is 65.4. The molecule has 48 valence electrons. The molecule has 0 amide bonds. The maximum atomic E-state index is 8.73. The van der Waals surface area contributed by atoms with Crippen molar-refractivity contribution >= 4 is 0 Å². The SMILES string of the molecule is C=CCN(O)CCN. The normalized spacial score (nSPS) is 9.88. The first-order valence-electron chi connectivity index (χ1n) is 2.56. The maximum Gasteiger partial charge on any atom is 0.0416 e. The Kier molecular flexibility index (Phi) is 4.54. The van der Waals surface area contributed by atoms with Crippen LogP contribution in [0.5, 0.6) is 0 Å². The molecule has 0 aromatic heterocycles. The Morgan fingerprint density at radius 2 is 2.38 bits per heavy atom. The fourth-order valence-corrected chi connectivity index (χ4v) is 0.389. The van der Waals surface area contributed by atoms with Crippen molar-refractivity contribution in [2.45, 2.75) is 0 Å². The molecule has 0 rings (SSSR count). The molecule has 0 heterocycles. The fourth-order valence-electron chi connectivity index (χ4n) is 0.389. The third kappa shape index (κ3) is 3.80. The zero-order chi connectivity index (χ0) is 6.41. The fraction of sp³-hybridized carbons (Fsp3) is 0.600. The van der Waals surface area contributed by atoms with Gasteiger partial charge in [0.15, 0.2) is 0 Å². The van der Waals surface area contributed by atoms with E-state index in [0.717, 1.165) is 5.06 Å². The van der Waals surface area contributed by atoms with Crippen LogP contribution in [0.1, 0.15) is 0 Å². The summed E-state index contributed by atoms with van der Waals surface area (Å²) < 4.78 is 0. The predicted molar refractivity (Wildman–Crippen MR) is 32.6 cm³/mol. The lowest BCUT2D eigenvalue weighted by molar-refractivity contribution is -0.0770. The second kappa shape index (κ2) is 4.77. The molecule has 0 aliphatic heterocycles. The van der Waals surface area contributed by atoms with Gasteiger partial charge in [0.1, 0.15) is 0 Å². The smallest absolute Gasteiger partial charge is 0.0416 e. The molecule has 0 unspecified atom stereocenters. The number of hydroxylamine groups is 2. The summed E-state index contributed by atoms with van der Waals surface area (Å²) in [5, 5.41) is 9.85. The monoisotopic (exact) mass is 116 g/mol. The van der Waals surface area contributed by atoms with Crippen molar-refractivity contribution in [3.63, 3.8) is 0 Å². The van der Waals surface area contributed by atoms with E-state index >= 15 is 0 Å². The number of nitrogens with two attached hydrogens (primary N) is 1. The summed E-state index contributed by atoms with van der Waals surface area (Å²) >= 11 is 0. The molecule has 3 nitrogen and oxygen atoms in total. The Balaban J connectivity index is 3.03. The van der Waals surface area contributed by atoms with Crippen molar-refractivity contribution in [2.75, 3.05) is 19.6 Å². The largest absolute Gasteiger partial charge is 0.329 e. The molecule has 0 aliphatic rings. The molecule has 0 atom stereocenters. The van der Waals surface area contributed by atoms with Gasteiger partial charge >= 0.3 is 0 Å². The predicted octanol–water partition coefficient (Wildman–Crippen LogP) is -0.178. The molecular weight excluding hydrogens is 104 g/mol. The third-order valence-corrected chi connectivity index (χ3v) is 0.727. The van der Waals surface area contributed by atoms with E-state index in [0.29, 0.717) is 19.6 Å². The summed E-state index contributed by atoms with van der Waals surface area (Å²) in [6.07, 6.45) is 1.62. The number of hydrogen-bond acceptors (Lipinski definition) is 3. The van der Waals surface area contributed by atoms with Gasteiger partial charge in [0.05, 0.1) is 0 Å². The Hall–Kier alpha value is -0.380. The summed E-state index contributed by atoms with van der Waals surface area (Å²) in [5.74, 6) is 0. The standard InChI is InChI=1S/C5H12N2O/c1-2-4-7(8)5-3-6/h2,8H,1,3-6H2. The highest BCUT2D eigenvalue weighted by Gasteiger charge is 1.90. The van der Waals surface area contributed by atoms with Crippen LogP contribution in [0.25, 0.3) is 0 Å². The lowest BCUT2D eigenvalue weighted by atomic mass is 10.5. The van der Waals surface area contributed by atoms with Crippen LogP contribution in [0.15, 0.2) is 12.7 Å². The molecule has 8 heavy (non-hydrogen) atoms. The maximum absolute atomic E-state index is 8.73. The summed E-state index contributed by atoms with van der Waals surface area (Å²) in [5.41, 5.74) is 5.12. The molecule has 0 aliphatic carbocycles. The summed E-state index contributed by atoms with van der Waals surface area (Å²) in [7, 11) is 0. The van der Waals surface area contributed by atoms with E-state index in [-0.39, 0.29) is 0 Å². The van der Waals surface area contributed by atoms with Crippen LogP contribution in [0.4, 0.5) is 0 Å². The van der Waals surface area contributed by atoms with E-state index < -0.39 is 0 Å². The first-order valence-corrected chi connectivity index (χ1v) is 2.56. The van der Waals surface area contributed by atoms with Crippen LogP contribution in [0, 0.1) is 0 Å². The third-order valence-electron chi connectivity index (χ3n) is 0.727. The topological polar surface area (TPSA) is 49.5 Å². The molecule has 0 saturated carbocycles. The molecule has 0 saturated heterocycles. The van der Waals surface area contributed by atoms with E-state index in [1.54, 1.807) is 6.08 Å². The molecule has 0 spiro atoms. The van der Waals surface area contributed by atoms with Crippen LogP contribution in [0.3, 0.4) is 0 Å². The minimum Gasteiger partial charge on any atom is -0.329 e. The average molecular weight is 116 g/mol. The molecule has 0 aromatic carbocycles. The molecular formula is C5H12N2O. The van der Waals surface area contributed by atoms with Crippen molar-refractivity contribution in [3.05, 3.63) is 12.7 Å². The van der Waals surface area contributed by atoms with E-state index in [1.165, 1.54) is 0 Å². The van der Waals surface area contributed by atoms with Crippen molar-refractivity contribution in [1.29, 1.82) is 0 Å². The summed E-state index contributed by atoms with van der Waals surface area (Å²) in [6.45, 7) is 4.91. The van der Waals surface area contributed by atoms with Crippen LogP contribution in [-0.4, -0.2) is 29.9 Å². The van der Waals surface area contributed by atoms with Gasteiger partial charge in [-0.2, -0.15) is 5.06 Å². The van der Waals surface area contributed by atoms with Crippen LogP contribution >= 0.6 is 0 Å². The summed E-state index contributed by atoms with van der Waals surface area (Å²) in [6, 6.07) is 0. The minimum atomic E-state index is 0.477. The second-order valence-electron chi connectivity index (χ2n) is 1.49. The highest BCUT2D eigenvalue weighted by atomic mass is 16.5. The van der Waals surface area contributed by atoms with Gasteiger partial charge in [0.2, 0.25) is 0 Å². The van der Waals surface area contributed by atoms with Crippen LogP contribution in [-0.2, 0) is 0 Å². The second-order valence-corrected chi connectivity index (χ2v) is 1.49. The number of rotatable bonds is 4. The van der Waals surface area contributed by atoms with E-state index in [2.05, 4.69) is 6.58 Å². The van der Waals surface area contributed by atoms with Gasteiger partial charge in [-0.1, -0.05) is 6.08 Å².